The molecule has 3 aromatic rings. The van der Waals surface area contributed by atoms with Crippen molar-refractivity contribution >= 4 is 17.4 Å². The number of pyridine rings is 1. The Bertz CT molecular complexity index is 1020. The van der Waals surface area contributed by atoms with Crippen LogP contribution in [-0.2, 0) is 18.4 Å². The molecule has 0 fully saturated rings. The molecule has 0 aliphatic carbocycles. The second-order valence-electron chi connectivity index (χ2n) is 8.63. The van der Waals surface area contributed by atoms with Gasteiger partial charge in [0.25, 0.3) is 5.91 Å². The molecule has 4 nitrogen and oxygen atoms in total. The van der Waals surface area contributed by atoms with Gasteiger partial charge in [0.05, 0.1) is 5.56 Å². The summed E-state index contributed by atoms with van der Waals surface area (Å²) in [6.07, 6.45) is 2.68. The maximum atomic E-state index is 12.7. The van der Waals surface area contributed by atoms with Gasteiger partial charge in [-0.2, -0.15) is 0 Å². The highest BCUT2D eigenvalue weighted by Crippen LogP contribution is 2.25. The van der Waals surface area contributed by atoms with Gasteiger partial charge in [-0.15, -0.1) is 0 Å². The van der Waals surface area contributed by atoms with E-state index in [0.29, 0.717) is 5.56 Å². The molecule has 0 unspecified atom stereocenters. The molecule has 4 rings (SSSR count). The van der Waals surface area contributed by atoms with Crippen molar-refractivity contribution in [3.8, 4) is 0 Å². The van der Waals surface area contributed by atoms with E-state index in [2.05, 4.69) is 66.3 Å². The van der Waals surface area contributed by atoms with Crippen molar-refractivity contribution in [2.45, 2.75) is 39.2 Å². The third kappa shape index (κ3) is 4.32. The number of carbonyl (C=O) groups excluding carboxylic acids is 1. The number of nitrogens with one attached hydrogen (secondary N) is 1. The molecule has 0 radical (unpaired) electrons. The molecule has 1 aliphatic rings. The zero-order chi connectivity index (χ0) is 20.4. The number of nitrogens with zero attached hydrogens (tertiary/aromatic N) is 2. The Morgan fingerprint density at radius 3 is 2.52 bits per heavy atom. The highest BCUT2D eigenvalue weighted by atomic mass is 16.1. The minimum atomic E-state index is -0.140. The third-order valence-corrected chi connectivity index (χ3v) is 5.45. The van der Waals surface area contributed by atoms with Crippen LogP contribution >= 0.6 is 0 Å². The third-order valence-electron chi connectivity index (χ3n) is 5.45. The number of fused-ring (bicyclic) bond motifs is 1. The van der Waals surface area contributed by atoms with Crippen LogP contribution in [0.2, 0.25) is 0 Å². The fraction of sp³-hybridized carbons (Fsp3) is 0.280. The molecule has 0 spiro atoms. The van der Waals surface area contributed by atoms with E-state index in [1.54, 1.807) is 6.20 Å². The van der Waals surface area contributed by atoms with E-state index in [9.17, 15) is 4.79 Å². The maximum absolute atomic E-state index is 12.7. The molecule has 2 aromatic carbocycles. The predicted molar refractivity (Wildman–Crippen MR) is 119 cm³/mol. The highest BCUT2D eigenvalue weighted by Gasteiger charge is 2.18. The normalized spacial score (nSPS) is 13.7. The van der Waals surface area contributed by atoms with Crippen LogP contribution in [0.5, 0.6) is 0 Å². The number of rotatable bonds is 3. The number of hydrogen-bond acceptors (Lipinski definition) is 3. The van der Waals surface area contributed by atoms with Crippen molar-refractivity contribution in [3.63, 3.8) is 0 Å². The van der Waals surface area contributed by atoms with Gasteiger partial charge in [0.2, 0.25) is 0 Å². The van der Waals surface area contributed by atoms with Crippen LogP contribution in [0, 0.1) is 0 Å². The second kappa shape index (κ2) is 7.70. The summed E-state index contributed by atoms with van der Waals surface area (Å²) in [6.45, 7) is 8.28. The Morgan fingerprint density at radius 1 is 1.00 bits per heavy atom. The fourth-order valence-corrected chi connectivity index (χ4v) is 3.67. The summed E-state index contributed by atoms with van der Waals surface area (Å²) >= 11 is 0. The Balaban J connectivity index is 1.45. The average molecular weight is 386 g/mol. The first kappa shape index (κ1) is 19.2. The summed E-state index contributed by atoms with van der Waals surface area (Å²) in [4.78, 5) is 19.5. The SMILES string of the molecule is CC(C)(C)c1cccc(NC(=O)c2ccc(N3CCc4ccccc4C3)nc2)c1. The van der Waals surface area contributed by atoms with E-state index in [0.717, 1.165) is 31.0 Å². The molecule has 148 valence electrons. The van der Waals surface area contributed by atoms with Crippen molar-refractivity contribution in [1.82, 2.24) is 4.98 Å². The van der Waals surface area contributed by atoms with Crippen molar-refractivity contribution < 1.29 is 4.79 Å². The maximum Gasteiger partial charge on any atom is 0.257 e. The van der Waals surface area contributed by atoms with Crippen LogP contribution in [0.15, 0.2) is 66.9 Å². The van der Waals surface area contributed by atoms with Crippen LogP contribution in [0.25, 0.3) is 0 Å². The topological polar surface area (TPSA) is 45.2 Å². The molecule has 0 saturated carbocycles. The molecule has 29 heavy (non-hydrogen) atoms. The predicted octanol–water partition coefficient (Wildman–Crippen LogP) is 5.19. The smallest absolute Gasteiger partial charge is 0.257 e. The first-order valence-electron chi connectivity index (χ1n) is 10.1. The summed E-state index contributed by atoms with van der Waals surface area (Å²) in [6, 6.07) is 20.4. The summed E-state index contributed by atoms with van der Waals surface area (Å²) in [5.41, 5.74) is 5.36. The van der Waals surface area contributed by atoms with E-state index in [1.807, 2.05) is 30.3 Å². The quantitative estimate of drug-likeness (QED) is 0.674. The number of amides is 1. The lowest BCUT2D eigenvalue weighted by Crippen LogP contribution is -2.31. The number of carbonyl (C=O) groups is 1. The number of aromatic nitrogens is 1. The van der Waals surface area contributed by atoms with Crippen molar-refractivity contribution in [3.05, 3.63) is 89.1 Å². The first-order valence-corrected chi connectivity index (χ1v) is 10.1. The lowest BCUT2D eigenvalue weighted by atomic mass is 9.87. The Hall–Kier alpha value is -3.14. The molecule has 1 aliphatic heterocycles. The number of anilines is 2. The van der Waals surface area contributed by atoms with Crippen molar-refractivity contribution in [2.24, 2.45) is 0 Å². The molecule has 0 bridgehead atoms. The van der Waals surface area contributed by atoms with Gasteiger partial charge >= 0.3 is 0 Å². The molecule has 2 heterocycles. The van der Waals surface area contributed by atoms with E-state index in [4.69, 9.17) is 0 Å². The lowest BCUT2D eigenvalue weighted by Gasteiger charge is -2.29. The monoisotopic (exact) mass is 385 g/mol. The first-order chi connectivity index (χ1) is 13.9. The lowest BCUT2D eigenvalue weighted by molar-refractivity contribution is 0.102. The van der Waals surface area contributed by atoms with Crippen LogP contribution in [0.3, 0.4) is 0 Å². The van der Waals surface area contributed by atoms with Gasteiger partial charge in [-0.05, 0) is 52.8 Å². The van der Waals surface area contributed by atoms with E-state index >= 15 is 0 Å². The molecule has 4 heteroatoms. The molecule has 1 N–H and O–H groups in total. The molecular formula is C25H27N3O. The minimum Gasteiger partial charge on any atom is -0.352 e. The molecule has 0 saturated heterocycles. The zero-order valence-electron chi connectivity index (χ0n) is 17.3. The summed E-state index contributed by atoms with van der Waals surface area (Å²) in [7, 11) is 0. The standard InChI is InChI=1S/C25H27N3O/c1-25(2,3)21-9-6-10-22(15-21)27-24(29)19-11-12-23(26-16-19)28-14-13-18-7-4-5-8-20(18)17-28/h4-12,15-16H,13-14,17H2,1-3H3,(H,27,29). The molecular weight excluding hydrogens is 358 g/mol. The van der Waals surface area contributed by atoms with E-state index in [1.165, 1.54) is 16.7 Å². The highest BCUT2D eigenvalue weighted by molar-refractivity contribution is 6.04. The Kier molecular flexibility index (Phi) is 5.10. The van der Waals surface area contributed by atoms with Gasteiger partial charge < -0.3 is 10.2 Å². The Morgan fingerprint density at radius 2 is 1.79 bits per heavy atom. The van der Waals surface area contributed by atoms with Gasteiger partial charge in [0.1, 0.15) is 5.82 Å². The zero-order valence-corrected chi connectivity index (χ0v) is 17.3. The minimum absolute atomic E-state index is 0.0387. The second-order valence-corrected chi connectivity index (χ2v) is 8.63. The van der Waals surface area contributed by atoms with Gasteiger partial charge in [-0.25, -0.2) is 4.98 Å². The summed E-state index contributed by atoms with van der Waals surface area (Å²) in [5.74, 6) is 0.768. The van der Waals surface area contributed by atoms with Crippen LogP contribution in [0.1, 0.15) is 47.8 Å². The molecule has 0 atom stereocenters. The van der Waals surface area contributed by atoms with Crippen LogP contribution in [-0.4, -0.2) is 17.4 Å². The van der Waals surface area contributed by atoms with E-state index < -0.39 is 0 Å². The van der Waals surface area contributed by atoms with Gasteiger partial charge in [0.15, 0.2) is 0 Å². The molecule has 1 amide bonds. The fourth-order valence-electron chi connectivity index (χ4n) is 3.67. The summed E-state index contributed by atoms with van der Waals surface area (Å²) < 4.78 is 0. The number of hydrogen-bond donors (Lipinski definition) is 1. The largest absolute Gasteiger partial charge is 0.352 e. The van der Waals surface area contributed by atoms with Crippen LogP contribution < -0.4 is 10.2 Å². The van der Waals surface area contributed by atoms with Gasteiger partial charge in [-0.3, -0.25) is 4.79 Å². The average Bonchev–Trinajstić information content (AvgIpc) is 2.73. The number of benzene rings is 2. The van der Waals surface area contributed by atoms with Crippen molar-refractivity contribution in [2.75, 3.05) is 16.8 Å². The van der Waals surface area contributed by atoms with E-state index in [-0.39, 0.29) is 11.3 Å². The Labute approximate surface area is 172 Å². The van der Waals surface area contributed by atoms with Gasteiger partial charge in [0, 0.05) is 25.0 Å². The van der Waals surface area contributed by atoms with Gasteiger partial charge in [-0.1, -0.05) is 57.2 Å². The van der Waals surface area contributed by atoms with Crippen molar-refractivity contribution in [1.29, 1.82) is 0 Å². The molecule has 1 aromatic heterocycles. The van der Waals surface area contributed by atoms with Crippen LogP contribution in [0.4, 0.5) is 11.5 Å². The summed E-state index contributed by atoms with van der Waals surface area (Å²) in [5, 5.41) is 2.99.